The molecule has 1 aliphatic rings. The van der Waals surface area contributed by atoms with Gasteiger partial charge in [-0.2, -0.15) is 0 Å². The number of rotatable bonds is 3. The van der Waals surface area contributed by atoms with E-state index in [1.165, 1.54) is 0 Å². The van der Waals surface area contributed by atoms with Crippen molar-refractivity contribution >= 4 is 0 Å². The zero-order chi connectivity index (χ0) is 10.7. The molecule has 2 atom stereocenters. The number of nitrogens with one attached hydrogen (secondary N) is 1. The minimum Gasteiger partial charge on any atom is -0.368 e. The predicted molar refractivity (Wildman–Crippen MR) is 56.6 cm³/mol. The Kier molecular flexibility index (Phi) is 3.33. The molecule has 2 rings (SSSR count). The number of nitrogens with zero attached hydrogens (tertiary/aromatic N) is 3. The third kappa shape index (κ3) is 2.18. The summed E-state index contributed by atoms with van der Waals surface area (Å²) in [6, 6.07) is 0.431. The molecule has 1 N–H and O–H groups in total. The molecule has 5 heteroatoms. The highest BCUT2D eigenvalue weighted by Gasteiger charge is 2.22. The van der Waals surface area contributed by atoms with E-state index in [0.29, 0.717) is 6.04 Å². The van der Waals surface area contributed by atoms with Crippen molar-refractivity contribution in [3.05, 3.63) is 12.2 Å². The molecule has 0 aliphatic carbocycles. The summed E-state index contributed by atoms with van der Waals surface area (Å²) in [5.41, 5.74) is 0. The van der Waals surface area contributed by atoms with E-state index >= 15 is 0 Å². The molecule has 0 bridgehead atoms. The van der Waals surface area contributed by atoms with Gasteiger partial charge in [0.25, 0.3) is 0 Å². The lowest BCUT2D eigenvalue weighted by Gasteiger charge is -2.24. The molecule has 1 aliphatic heterocycles. The monoisotopic (exact) mass is 210 g/mol. The average molecular weight is 210 g/mol. The van der Waals surface area contributed by atoms with Gasteiger partial charge in [-0.1, -0.05) is 6.92 Å². The smallest absolute Gasteiger partial charge is 0.163 e. The molecular formula is C10H18N4O. The molecule has 15 heavy (non-hydrogen) atoms. The highest BCUT2D eigenvalue weighted by Crippen LogP contribution is 2.20. The lowest BCUT2D eigenvalue weighted by molar-refractivity contribution is 0.0189. The van der Waals surface area contributed by atoms with Gasteiger partial charge in [-0.3, -0.25) is 0 Å². The SMILES string of the molecule is CCC(C)n1cnnc1C1CNCCO1. The Hall–Kier alpha value is -0.940. The number of hydrogen-bond donors (Lipinski definition) is 1. The fourth-order valence-electron chi connectivity index (χ4n) is 1.75. The van der Waals surface area contributed by atoms with Crippen molar-refractivity contribution in [2.45, 2.75) is 32.4 Å². The van der Waals surface area contributed by atoms with Crippen molar-refractivity contribution in [2.75, 3.05) is 19.7 Å². The largest absolute Gasteiger partial charge is 0.368 e. The maximum absolute atomic E-state index is 5.67. The number of ether oxygens (including phenoxy) is 1. The Morgan fingerprint density at radius 2 is 2.60 bits per heavy atom. The number of morpholine rings is 1. The molecule has 1 fully saturated rings. The molecule has 5 nitrogen and oxygen atoms in total. The minimum atomic E-state index is 0.0512. The summed E-state index contributed by atoms with van der Waals surface area (Å²) in [5.74, 6) is 0.941. The van der Waals surface area contributed by atoms with Crippen molar-refractivity contribution in [1.82, 2.24) is 20.1 Å². The lowest BCUT2D eigenvalue weighted by atomic mass is 10.2. The fourth-order valence-corrected chi connectivity index (χ4v) is 1.75. The fraction of sp³-hybridized carbons (Fsp3) is 0.800. The summed E-state index contributed by atoms with van der Waals surface area (Å²) in [4.78, 5) is 0. The third-order valence-electron chi connectivity index (χ3n) is 2.88. The van der Waals surface area contributed by atoms with Gasteiger partial charge in [-0.25, -0.2) is 0 Å². The van der Waals surface area contributed by atoms with Crippen molar-refractivity contribution in [2.24, 2.45) is 0 Å². The van der Waals surface area contributed by atoms with Crippen LogP contribution in [0.15, 0.2) is 6.33 Å². The molecule has 2 unspecified atom stereocenters. The molecule has 84 valence electrons. The number of aromatic nitrogens is 3. The van der Waals surface area contributed by atoms with E-state index in [4.69, 9.17) is 4.74 Å². The van der Waals surface area contributed by atoms with E-state index in [1.54, 1.807) is 6.33 Å². The molecular weight excluding hydrogens is 192 g/mol. The molecule has 0 aromatic carbocycles. The molecule has 1 aromatic rings. The van der Waals surface area contributed by atoms with Crippen molar-refractivity contribution < 1.29 is 4.74 Å². The Morgan fingerprint density at radius 1 is 1.73 bits per heavy atom. The Balaban J connectivity index is 2.15. The van der Waals surface area contributed by atoms with Gasteiger partial charge in [0.1, 0.15) is 12.4 Å². The molecule has 2 heterocycles. The maximum atomic E-state index is 5.67. The van der Waals surface area contributed by atoms with E-state index in [1.807, 2.05) is 0 Å². The average Bonchev–Trinajstić information content (AvgIpc) is 2.78. The van der Waals surface area contributed by atoms with Crippen molar-refractivity contribution in [3.63, 3.8) is 0 Å². The Morgan fingerprint density at radius 3 is 3.27 bits per heavy atom. The van der Waals surface area contributed by atoms with Gasteiger partial charge >= 0.3 is 0 Å². The summed E-state index contributed by atoms with van der Waals surface area (Å²) in [7, 11) is 0. The second-order valence-corrected chi connectivity index (χ2v) is 3.92. The molecule has 0 amide bonds. The van der Waals surface area contributed by atoms with E-state index in [2.05, 4.69) is 33.9 Å². The van der Waals surface area contributed by atoms with Gasteiger partial charge in [-0.05, 0) is 13.3 Å². The van der Waals surface area contributed by atoms with Gasteiger partial charge in [-0.15, -0.1) is 10.2 Å². The molecule has 0 spiro atoms. The van der Waals surface area contributed by atoms with Crippen LogP contribution in [-0.2, 0) is 4.74 Å². The molecule has 0 saturated carbocycles. The topological polar surface area (TPSA) is 52.0 Å². The van der Waals surface area contributed by atoms with Crippen LogP contribution in [0.5, 0.6) is 0 Å². The first-order valence-corrected chi connectivity index (χ1v) is 5.54. The number of hydrogen-bond acceptors (Lipinski definition) is 4. The summed E-state index contributed by atoms with van der Waals surface area (Å²) in [6.45, 7) is 6.83. The van der Waals surface area contributed by atoms with Crippen LogP contribution in [0.4, 0.5) is 0 Å². The van der Waals surface area contributed by atoms with E-state index in [0.717, 1.165) is 31.9 Å². The van der Waals surface area contributed by atoms with Crippen LogP contribution in [0.25, 0.3) is 0 Å². The second-order valence-electron chi connectivity index (χ2n) is 3.92. The van der Waals surface area contributed by atoms with Crippen LogP contribution in [0.1, 0.15) is 38.2 Å². The van der Waals surface area contributed by atoms with Gasteiger partial charge in [0, 0.05) is 19.1 Å². The minimum absolute atomic E-state index is 0.0512. The Bertz CT molecular complexity index is 306. The van der Waals surface area contributed by atoms with Crippen LogP contribution >= 0.6 is 0 Å². The van der Waals surface area contributed by atoms with Gasteiger partial charge in [0.2, 0.25) is 0 Å². The first kappa shape index (κ1) is 10.6. The lowest BCUT2D eigenvalue weighted by Crippen LogP contribution is -2.35. The first-order valence-electron chi connectivity index (χ1n) is 5.54. The van der Waals surface area contributed by atoms with Gasteiger partial charge in [0.15, 0.2) is 5.82 Å². The van der Waals surface area contributed by atoms with E-state index < -0.39 is 0 Å². The summed E-state index contributed by atoms with van der Waals surface area (Å²) in [6.07, 6.45) is 2.92. The van der Waals surface area contributed by atoms with Crippen LogP contribution in [0, 0.1) is 0 Å². The van der Waals surface area contributed by atoms with Crippen LogP contribution in [0.2, 0.25) is 0 Å². The van der Waals surface area contributed by atoms with Gasteiger partial charge < -0.3 is 14.6 Å². The van der Waals surface area contributed by atoms with Crippen LogP contribution in [0.3, 0.4) is 0 Å². The molecule has 1 aromatic heterocycles. The molecule has 1 saturated heterocycles. The van der Waals surface area contributed by atoms with Crippen molar-refractivity contribution in [1.29, 1.82) is 0 Å². The highest BCUT2D eigenvalue weighted by molar-refractivity contribution is 4.96. The zero-order valence-corrected chi connectivity index (χ0v) is 9.31. The molecule has 0 radical (unpaired) electrons. The standard InChI is InChI=1S/C10H18N4O/c1-3-8(2)14-7-12-13-10(14)9-6-11-4-5-15-9/h7-9,11H,3-6H2,1-2H3. The van der Waals surface area contributed by atoms with E-state index in [-0.39, 0.29) is 6.10 Å². The van der Waals surface area contributed by atoms with Crippen molar-refractivity contribution in [3.8, 4) is 0 Å². The predicted octanol–water partition coefficient (Wildman–Crippen LogP) is 0.910. The summed E-state index contributed by atoms with van der Waals surface area (Å²) < 4.78 is 7.78. The maximum Gasteiger partial charge on any atom is 0.163 e. The third-order valence-corrected chi connectivity index (χ3v) is 2.88. The highest BCUT2D eigenvalue weighted by atomic mass is 16.5. The second kappa shape index (κ2) is 4.72. The van der Waals surface area contributed by atoms with Gasteiger partial charge in [0.05, 0.1) is 6.61 Å². The van der Waals surface area contributed by atoms with Crippen LogP contribution in [-0.4, -0.2) is 34.5 Å². The quantitative estimate of drug-likeness (QED) is 0.805. The zero-order valence-electron chi connectivity index (χ0n) is 9.31. The summed E-state index contributed by atoms with van der Waals surface area (Å²) >= 11 is 0. The van der Waals surface area contributed by atoms with E-state index in [9.17, 15) is 0 Å². The summed E-state index contributed by atoms with van der Waals surface area (Å²) in [5, 5.41) is 11.4. The van der Waals surface area contributed by atoms with Crippen LogP contribution < -0.4 is 5.32 Å². The first-order chi connectivity index (χ1) is 7.33. The normalized spacial score (nSPS) is 24.0. The Labute approximate surface area is 89.8 Å².